The second-order valence-corrected chi connectivity index (χ2v) is 6.83. The smallest absolute Gasteiger partial charge is 0.358 e. The molecule has 1 aliphatic rings. The van der Waals surface area contributed by atoms with Gasteiger partial charge in [0.1, 0.15) is 24.1 Å². The first kappa shape index (κ1) is 20.2. The third-order valence-electron chi connectivity index (χ3n) is 4.65. The molecule has 1 unspecified atom stereocenters. The number of urea groups is 1. The zero-order valence-electron chi connectivity index (χ0n) is 16.9. The number of aromatic nitrogens is 2. The summed E-state index contributed by atoms with van der Waals surface area (Å²) in [6.07, 6.45) is 4.76. The van der Waals surface area contributed by atoms with Gasteiger partial charge in [-0.25, -0.2) is 19.4 Å². The highest BCUT2D eigenvalue weighted by Crippen LogP contribution is 2.28. The maximum absolute atomic E-state index is 12.6. The number of imidazole rings is 1. The number of carbonyl (C=O) groups is 3. The molecule has 1 aliphatic heterocycles. The molecule has 0 saturated carbocycles. The summed E-state index contributed by atoms with van der Waals surface area (Å²) < 4.78 is 17.5. The van der Waals surface area contributed by atoms with Crippen molar-refractivity contribution in [2.45, 2.75) is 19.9 Å². The van der Waals surface area contributed by atoms with Crippen LogP contribution in [0.3, 0.4) is 0 Å². The highest BCUT2D eigenvalue weighted by atomic mass is 16.5. The van der Waals surface area contributed by atoms with Gasteiger partial charge in [-0.3, -0.25) is 0 Å². The van der Waals surface area contributed by atoms with Crippen LogP contribution in [0.25, 0.3) is 5.65 Å². The van der Waals surface area contributed by atoms with Gasteiger partial charge in [0, 0.05) is 12.4 Å². The summed E-state index contributed by atoms with van der Waals surface area (Å²) in [4.78, 5) is 41.6. The Morgan fingerprint density at radius 3 is 2.84 bits per heavy atom. The summed E-state index contributed by atoms with van der Waals surface area (Å²) in [5.74, 6) is -1.01. The normalized spacial score (nSPS) is 16.1. The van der Waals surface area contributed by atoms with Crippen molar-refractivity contribution < 1.29 is 28.3 Å². The fourth-order valence-corrected chi connectivity index (χ4v) is 3.24. The molecule has 10 nitrogen and oxygen atoms in total. The summed E-state index contributed by atoms with van der Waals surface area (Å²) in [6.45, 7) is 3.37. The van der Waals surface area contributed by atoms with Gasteiger partial charge in [-0.2, -0.15) is 0 Å². The molecule has 0 spiro atoms. The summed E-state index contributed by atoms with van der Waals surface area (Å²) >= 11 is 0. The Hall–Kier alpha value is -4.08. The molecule has 0 saturated heterocycles. The van der Waals surface area contributed by atoms with E-state index in [1.807, 2.05) is 19.1 Å². The largest absolute Gasteiger partial charge is 0.467 e. The monoisotopic (exact) mass is 424 g/mol. The van der Waals surface area contributed by atoms with Gasteiger partial charge in [0.15, 0.2) is 5.69 Å². The van der Waals surface area contributed by atoms with E-state index in [1.54, 1.807) is 35.9 Å². The van der Waals surface area contributed by atoms with E-state index in [0.29, 0.717) is 11.4 Å². The lowest BCUT2D eigenvalue weighted by molar-refractivity contribution is -0.139. The molecule has 10 heteroatoms. The number of ether oxygens (including phenoxy) is 2. The molecule has 4 heterocycles. The maximum atomic E-state index is 12.6. The standard InChI is InChI=1S/C21H20N4O6/c1-3-29-20(27)17-14(23-21(28)24-18(17)15-5-4-8-30-15)11-31-19(26)13-10-25-7-6-12(2)9-16(25)22-13/h4-10,18H,3,11H2,1-2H3,(H2,23,24,28). The number of nitrogens with one attached hydrogen (secondary N) is 2. The van der Waals surface area contributed by atoms with Gasteiger partial charge in [-0.05, 0) is 43.7 Å². The van der Waals surface area contributed by atoms with Gasteiger partial charge in [0.25, 0.3) is 0 Å². The van der Waals surface area contributed by atoms with Crippen LogP contribution in [-0.4, -0.2) is 40.6 Å². The van der Waals surface area contributed by atoms with Crippen molar-refractivity contribution in [2.24, 2.45) is 0 Å². The topological polar surface area (TPSA) is 124 Å². The summed E-state index contributed by atoms with van der Waals surface area (Å²) in [6, 6.07) is 5.53. The van der Waals surface area contributed by atoms with Gasteiger partial charge in [0.05, 0.1) is 24.1 Å². The molecule has 3 aromatic heterocycles. The van der Waals surface area contributed by atoms with Crippen LogP contribution in [0.15, 0.2) is 58.6 Å². The summed E-state index contributed by atoms with van der Waals surface area (Å²) in [7, 11) is 0. The zero-order valence-corrected chi connectivity index (χ0v) is 16.9. The molecule has 3 aromatic rings. The van der Waals surface area contributed by atoms with Crippen LogP contribution >= 0.6 is 0 Å². The Labute approximate surface area is 176 Å². The predicted molar refractivity (Wildman–Crippen MR) is 107 cm³/mol. The Balaban J connectivity index is 1.60. The van der Waals surface area contributed by atoms with E-state index in [2.05, 4.69) is 15.6 Å². The van der Waals surface area contributed by atoms with Gasteiger partial charge in [0.2, 0.25) is 0 Å². The first-order valence-corrected chi connectivity index (χ1v) is 9.60. The zero-order chi connectivity index (χ0) is 22.0. The van der Waals surface area contributed by atoms with E-state index in [0.717, 1.165) is 5.56 Å². The number of furan rings is 1. The van der Waals surface area contributed by atoms with E-state index >= 15 is 0 Å². The van der Waals surface area contributed by atoms with E-state index in [9.17, 15) is 14.4 Å². The fraction of sp³-hybridized carbons (Fsp3) is 0.238. The number of fused-ring (bicyclic) bond motifs is 1. The minimum absolute atomic E-state index is 0.0924. The van der Waals surface area contributed by atoms with Crippen molar-refractivity contribution in [1.82, 2.24) is 20.0 Å². The number of pyridine rings is 1. The van der Waals surface area contributed by atoms with Crippen LogP contribution < -0.4 is 10.6 Å². The van der Waals surface area contributed by atoms with Crippen LogP contribution in [0.1, 0.15) is 34.8 Å². The lowest BCUT2D eigenvalue weighted by Crippen LogP contribution is -2.47. The van der Waals surface area contributed by atoms with Crippen LogP contribution in [0, 0.1) is 6.92 Å². The number of carbonyl (C=O) groups excluding carboxylic acids is 3. The van der Waals surface area contributed by atoms with Crippen LogP contribution in [0.2, 0.25) is 0 Å². The first-order valence-electron chi connectivity index (χ1n) is 9.60. The highest BCUT2D eigenvalue weighted by Gasteiger charge is 2.35. The first-order chi connectivity index (χ1) is 15.0. The quantitative estimate of drug-likeness (QED) is 0.582. The van der Waals surface area contributed by atoms with Crippen LogP contribution in [0.4, 0.5) is 4.79 Å². The third-order valence-corrected chi connectivity index (χ3v) is 4.65. The van der Waals surface area contributed by atoms with Crippen LogP contribution in [-0.2, 0) is 14.3 Å². The minimum Gasteiger partial charge on any atom is -0.467 e. The molecule has 1 atom stereocenters. The third kappa shape index (κ3) is 4.13. The van der Waals surface area contributed by atoms with Crippen molar-refractivity contribution >= 4 is 23.6 Å². The maximum Gasteiger partial charge on any atom is 0.358 e. The molecular formula is C21H20N4O6. The van der Waals surface area contributed by atoms with E-state index < -0.39 is 24.0 Å². The van der Waals surface area contributed by atoms with E-state index in [1.165, 1.54) is 6.26 Å². The number of hydrogen-bond donors (Lipinski definition) is 2. The van der Waals surface area contributed by atoms with E-state index in [4.69, 9.17) is 13.9 Å². The molecular weight excluding hydrogens is 404 g/mol. The van der Waals surface area contributed by atoms with Gasteiger partial charge in [-0.15, -0.1) is 0 Å². The fourth-order valence-electron chi connectivity index (χ4n) is 3.24. The SMILES string of the molecule is CCOC(=O)C1=C(COC(=O)c2cn3ccc(C)cc3n2)NC(=O)NC1c1ccco1. The number of esters is 2. The molecule has 4 rings (SSSR count). The van der Waals surface area contributed by atoms with Crippen molar-refractivity contribution in [3.05, 3.63) is 71.2 Å². The van der Waals surface area contributed by atoms with Crippen molar-refractivity contribution in [3.8, 4) is 0 Å². The second kappa shape index (κ2) is 8.34. The molecule has 2 amide bonds. The van der Waals surface area contributed by atoms with Gasteiger partial charge in [-0.1, -0.05) is 0 Å². The van der Waals surface area contributed by atoms with Gasteiger partial charge < -0.3 is 28.9 Å². The van der Waals surface area contributed by atoms with E-state index in [-0.39, 0.29) is 30.2 Å². The number of amides is 2. The predicted octanol–water partition coefficient (Wildman–Crippen LogP) is 2.26. The minimum atomic E-state index is -0.880. The number of hydrogen-bond acceptors (Lipinski definition) is 7. The second-order valence-electron chi connectivity index (χ2n) is 6.83. The Morgan fingerprint density at radius 2 is 2.10 bits per heavy atom. The lowest BCUT2D eigenvalue weighted by atomic mass is 10.0. The summed E-state index contributed by atoms with van der Waals surface area (Å²) in [5, 5.41) is 5.14. The molecule has 2 N–H and O–H groups in total. The average Bonchev–Trinajstić information content (AvgIpc) is 3.41. The Kier molecular flexibility index (Phi) is 5.44. The summed E-state index contributed by atoms with van der Waals surface area (Å²) in [5.41, 5.74) is 1.91. The Bertz CT molecular complexity index is 1180. The molecule has 160 valence electrons. The van der Waals surface area contributed by atoms with Crippen molar-refractivity contribution in [2.75, 3.05) is 13.2 Å². The number of rotatable bonds is 6. The molecule has 0 bridgehead atoms. The molecule has 0 radical (unpaired) electrons. The number of nitrogens with zero attached hydrogens (tertiary/aromatic N) is 2. The van der Waals surface area contributed by atoms with Crippen molar-refractivity contribution in [3.63, 3.8) is 0 Å². The molecule has 0 aromatic carbocycles. The highest BCUT2D eigenvalue weighted by molar-refractivity contribution is 5.95. The average molecular weight is 424 g/mol. The van der Waals surface area contributed by atoms with Crippen LogP contribution in [0.5, 0.6) is 0 Å². The molecule has 0 fully saturated rings. The Morgan fingerprint density at radius 1 is 1.26 bits per heavy atom. The molecule has 0 aliphatic carbocycles. The van der Waals surface area contributed by atoms with Crippen molar-refractivity contribution in [1.29, 1.82) is 0 Å². The lowest BCUT2D eigenvalue weighted by Gasteiger charge is -2.27. The number of aryl methyl sites for hydroxylation is 1. The molecule has 31 heavy (non-hydrogen) atoms. The van der Waals surface area contributed by atoms with Gasteiger partial charge >= 0.3 is 18.0 Å².